The number of aromatic nitrogens is 2. The molecule has 1 heterocycles. The van der Waals surface area contributed by atoms with E-state index in [1.165, 1.54) is 22.9 Å². The third-order valence-corrected chi connectivity index (χ3v) is 4.17. The van der Waals surface area contributed by atoms with Crippen LogP contribution in [0.3, 0.4) is 0 Å². The van der Waals surface area contributed by atoms with Crippen LogP contribution in [0.1, 0.15) is 16.2 Å². The lowest BCUT2D eigenvalue weighted by molar-refractivity contribution is -0.120. The lowest BCUT2D eigenvalue weighted by atomic mass is 10.3. The highest BCUT2D eigenvalue weighted by atomic mass is 35.6. The molecule has 6 nitrogen and oxygen atoms in total. The fourth-order valence-corrected chi connectivity index (χ4v) is 2.92. The molecule has 2 amide bonds. The first-order valence-corrected chi connectivity index (χ1v) is 8.66. The zero-order chi connectivity index (χ0) is 18.9. The quantitative estimate of drug-likeness (QED) is 0.514. The van der Waals surface area contributed by atoms with Crippen LogP contribution >= 0.6 is 69.6 Å². The Labute approximate surface area is 172 Å². The third kappa shape index (κ3) is 4.84. The number of carbonyl (C=O) groups excluding carboxylic acids is 2. The molecule has 0 atom stereocenters. The second kappa shape index (κ2) is 7.78. The van der Waals surface area contributed by atoms with E-state index in [1.54, 1.807) is 6.92 Å². The molecule has 0 bridgehead atoms. The Morgan fingerprint density at radius 1 is 1.04 bits per heavy atom. The number of halogens is 6. The summed E-state index contributed by atoms with van der Waals surface area (Å²) in [4.78, 5) is 23.5. The van der Waals surface area contributed by atoms with Gasteiger partial charge in [-0.3, -0.25) is 20.4 Å². The van der Waals surface area contributed by atoms with Crippen LogP contribution in [-0.4, -0.2) is 25.4 Å². The molecule has 0 fully saturated rings. The Morgan fingerprint density at radius 2 is 1.60 bits per heavy atom. The average molecular weight is 465 g/mol. The maximum atomic E-state index is 12.1. The first kappa shape index (κ1) is 20.4. The molecule has 2 rings (SSSR count). The van der Waals surface area contributed by atoms with E-state index in [4.69, 9.17) is 69.6 Å². The number of hydrogen-bond acceptors (Lipinski definition) is 3. The van der Waals surface area contributed by atoms with Crippen molar-refractivity contribution < 1.29 is 9.59 Å². The van der Waals surface area contributed by atoms with Gasteiger partial charge in [0.2, 0.25) is 0 Å². The number of amides is 2. The highest BCUT2D eigenvalue weighted by molar-refractivity contribution is 6.76. The van der Waals surface area contributed by atoms with E-state index in [0.717, 1.165) is 0 Å². The smallest absolute Gasteiger partial charge is 0.268 e. The number of benzene rings is 1. The Bertz CT molecular complexity index is 823. The van der Waals surface area contributed by atoms with E-state index in [-0.39, 0.29) is 15.7 Å². The molecular formula is C13H8Cl6N4O2. The minimum absolute atomic E-state index is 0.0239. The monoisotopic (exact) mass is 462 g/mol. The summed E-state index contributed by atoms with van der Waals surface area (Å²) in [5.74, 6) is -1.75. The van der Waals surface area contributed by atoms with Gasteiger partial charge in [-0.25, -0.2) is 4.68 Å². The molecule has 0 aliphatic heterocycles. The van der Waals surface area contributed by atoms with Crippen LogP contribution < -0.4 is 10.9 Å². The predicted octanol–water partition coefficient (Wildman–Crippen LogP) is 4.27. The number of nitrogens with one attached hydrogen (secondary N) is 2. The van der Waals surface area contributed by atoms with E-state index < -0.39 is 15.6 Å². The minimum Gasteiger partial charge on any atom is -0.268 e. The highest BCUT2D eigenvalue weighted by Crippen LogP contribution is 2.32. The lowest BCUT2D eigenvalue weighted by Gasteiger charge is -2.11. The van der Waals surface area contributed by atoms with E-state index in [2.05, 4.69) is 10.5 Å². The van der Waals surface area contributed by atoms with E-state index in [1.807, 2.05) is 5.43 Å². The molecule has 0 saturated heterocycles. The third-order valence-electron chi connectivity index (χ3n) is 2.86. The van der Waals surface area contributed by atoms with Crippen LogP contribution in [0.25, 0.3) is 5.69 Å². The van der Waals surface area contributed by atoms with Crippen molar-refractivity contribution in [2.75, 3.05) is 0 Å². The van der Waals surface area contributed by atoms with Gasteiger partial charge in [0.25, 0.3) is 15.6 Å². The Balaban J connectivity index is 2.26. The van der Waals surface area contributed by atoms with Crippen molar-refractivity contribution in [2.45, 2.75) is 10.7 Å². The van der Waals surface area contributed by atoms with Crippen LogP contribution in [0, 0.1) is 6.92 Å². The molecule has 2 N–H and O–H groups in total. The first-order valence-electron chi connectivity index (χ1n) is 6.40. The lowest BCUT2D eigenvalue weighted by Crippen LogP contribution is -2.46. The van der Waals surface area contributed by atoms with Gasteiger partial charge in [-0.2, -0.15) is 5.10 Å². The zero-order valence-corrected chi connectivity index (χ0v) is 16.7. The number of alkyl halides is 3. The maximum absolute atomic E-state index is 12.1. The Kier molecular flexibility index (Phi) is 6.35. The van der Waals surface area contributed by atoms with Gasteiger partial charge in [0.05, 0.1) is 10.0 Å². The molecule has 0 saturated carbocycles. The summed E-state index contributed by atoms with van der Waals surface area (Å²) in [6.45, 7) is 1.69. The van der Waals surface area contributed by atoms with Crippen LogP contribution in [0.15, 0.2) is 18.2 Å². The largest absolute Gasteiger partial charge is 0.290 e. The molecule has 25 heavy (non-hydrogen) atoms. The van der Waals surface area contributed by atoms with Crippen molar-refractivity contribution >= 4 is 81.4 Å². The summed E-state index contributed by atoms with van der Waals surface area (Å²) in [6.07, 6.45) is 0. The summed E-state index contributed by atoms with van der Waals surface area (Å²) < 4.78 is -0.848. The average Bonchev–Trinajstić information content (AvgIpc) is 2.84. The number of aryl methyl sites for hydroxylation is 1. The fraction of sp³-hybridized carbons (Fsp3) is 0.154. The molecule has 134 valence electrons. The van der Waals surface area contributed by atoms with Crippen LogP contribution in [0.5, 0.6) is 0 Å². The second-order valence-electron chi connectivity index (χ2n) is 4.71. The Morgan fingerprint density at radius 3 is 2.12 bits per heavy atom. The Hall–Kier alpha value is -0.890. The maximum Gasteiger partial charge on any atom is 0.290 e. The molecule has 0 aliphatic carbocycles. The number of hydrazine groups is 1. The summed E-state index contributed by atoms with van der Waals surface area (Å²) in [5.41, 5.74) is 4.94. The SMILES string of the molecule is Cc1cc(C(=O)NNC(=O)C(Cl)(Cl)Cl)nn1-c1c(Cl)cc(Cl)cc1Cl. The summed E-state index contributed by atoms with van der Waals surface area (Å²) >= 11 is 34.3. The van der Waals surface area contributed by atoms with E-state index in [0.29, 0.717) is 16.4 Å². The van der Waals surface area contributed by atoms with Crippen LogP contribution in [0.2, 0.25) is 15.1 Å². The van der Waals surface area contributed by atoms with Gasteiger partial charge in [-0.1, -0.05) is 69.6 Å². The number of carbonyl (C=O) groups is 2. The van der Waals surface area contributed by atoms with Crippen molar-refractivity contribution in [3.63, 3.8) is 0 Å². The van der Waals surface area contributed by atoms with Crippen molar-refractivity contribution in [3.8, 4) is 5.69 Å². The fourth-order valence-electron chi connectivity index (χ4n) is 1.80. The predicted molar refractivity (Wildman–Crippen MR) is 99.2 cm³/mol. The van der Waals surface area contributed by atoms with Crippen LogP contribution in [0.4, 0.5) is 0 Å². The normalized spacial score (nSPS) is 11.3. The number of nitrogens with zero attached hydrogens (tertiary/aromatic N) is 2. The second-order valence-corrected chi connectivity index (χ2v) is 8.24. The van der Waals surface area contributed by atoms with Gasteiger partial charge >= 0.3 is 0 Å². The van der Waals surface area contributed by atoms with Crippen LogP contribution in [-0.2, 0) is 4.79 Å². The minimum atomic E-state index is -2.22. The number of hydrogen-bond donors (Lipinski definition) is 2. The van der Waals surface area contributed by atoms with Crippen molar-refractivity contribution in [3.05, 3.63) is 44.7 Å². The van der Waals surface area contributed by atoms with Gasteiger partial charge in [0.15, 0.2) is 5.69 Å². The zero-order valence-electron chi connectivity index (χ0n) is 12.2. The number of rotatable bonds is 2. The molecule has 0 unspecified atom stereocenters. The molecule has 0 spiro atoms. The van der Waals surface area contributed by atoms with Gasteiger partial charge < -0.3 is 0 Å². The molecule has 12 heteroatoms. The summed E-state index contributed by atoms with van der Waals surface area (Å²) in [5, 5.41) is 4.97. The van der Waals surface area contributed by atoms with Crippen molar-refractivity contribution in [2.24, 2.45) is 0 Å². The van der Waals surface area contributed by atoms with Gasteiger partial charge in [-0.15, -0.1) is 0 Å². The molecular weight excluding hydrogens is 457 g/mol. The molecule has 2 aromatic rings. The van der Waals surface area contributed by atoms with Gasteiger partial charge in [0.1, 0.15) is 5.69 Å². The van der Waals surface area contributed by atoms with E-state index in [9.17, 15) is 9.59 Å². The standard InChI is InChI=1S/C13H8Cl6N4O2/c1-5-2-9(11(24)20-21-12(25)13(17,18)19)22-23(5)10-7(15)3-6(14)4-8(10)16/h2-4H,1H3,(H,20,24)(H,21,25). The van der Waals surface area contributed by atoms with E-state index >= 15 is 0 Å². The van der Waals surface area contributed by atoms with Crippen molar-refractivity contribution in [1.29, 1.82) is 0 Å². The van der Waals surface area contributed by atoms with Gasteiger partial charge in [0, 0.05) is 10.7 Å². The molecule has 1 aromatic carbocycles. The molecule has 0 aliphatic rings. The highest BCUT2D eigenvalue weighted by Gasteiger charge is 2.31. The van der Waals surface area contributed by atoms with Crippen molar-refractivity contribution in [1.82, 2.24) is 20.6 Å². The summed E-state index contributed by atoms with van der Waals surface area (Å²) in [6, 6.07) is 4.44. The topological polar surface area (TPSA) is 76.0 Å². The first-order chi connectivity index (χ1) is 11.5. The summed E-state index contributed by atoms with van der Waals surface area (Å²) in [7, 11) is 0. The van der Waals surface area contributed by atoms with Gasteiger partial charge in [-0.05, 0) is 25.1 Å². The molecule has 0 radical (unpaired) electrons. The molecule has 1 aromatic heterocycles.